The quantitative estimate of drug-likeness (QED) is 0.191. The fourth-order valence-corrected chi connectivity index (χ4v) is 4.67. The van der Waals surface area contributed by atoms with Crippen molar-refractivity contribution in [2.24, 2.45) is 0 Å². The largest absolute Gasteiger partial charge is 0.323 e. The lowest BCUT2D eigenvalue weighted by Gasteiger charge is -2.06. The molecule has 0 atom stereocenters. The molecule has 1 aromatic heterocycles. The summed E-state index contributed by atoms with van der Waals surface area (Å²) in [7, 11) is 0. The van der Waals surface area contributed by atoms with Crippen molar-refractivity contribution >= 4 is 17.7 Å². The highest BCUT2D eigenvalue weighted by atomic mass is 16.1. The van der Waals surface area contributed by atoms with E-state index in [-0.39, 0.29) is 5.91 Å². The summed E-state index contributed by atoms with van der Waals surface area (Å²) in [5.74, 6) is -0.134. The van der Waals surface area contributed by atoms with Crippen LogP contribution in [0.5, 0.6) is 0 Å². The lowest BCUT2D eigenvalue weighted by molar-refractivity contribution is -0.111. The number of amides is 1. The van der Waals surface area contributed by atoms with Crippen LogP contribution in [0.25, 0.3) is 28.5 Å². The molecule has 0 aliphatic heterocycles. The van der Waals surface area contributed by atoms with Crippen molar-refractivity contribution in [3.05, 3.63) is 113 Å². The molecular weight excluding hydrogens is 428 g/mol. The number of nitrogens with one attached hydrogen (secondary N) is 1. The summed E-state index contributed by atoms with van der Waals surface area (Å²) in [6, 6.07) is 27.0. The Morgan fingerprint density at radius 3 is 2.54 bits per heavy atom. The fraction of sp³-hybridized carbons (Fsp3) is 0.188. The van der Waals surface area contributed by atoms with Crippen LogP contribution < -0.4 is 5.32 Å². The first-order valence-corrected chi connectivity index (χ1v) is 12.5. The van der Waals surface area contributed by atoms with Gasteiger partial charge >= 0.3 is 0 Å². The van der Waals surface area contributed by atoms with Crippen molar-refractivity contribution in [1.82, 2.24) is 4.98 Å². The average molecular weight is 459 g/mol. The molecule has 3 aromatic carbocycles. The smallest absolute Gasteiger partial charge is 0.248 e. The molecule has 3 heteroatoms. The number of carbonyl (C=O) groups excluding carboxylic acids is 1. The average Bonchev–Trinajstić information content (AvgIpc) is 3.26. The van der Waals surface area contributed by atoms with Gasteiger partial charge in [0, 0.05) is 23.5 Å². The Kier molecular flexibility index (Phi) is 6.85. The maximum atomic E-state index is 12.5. The maximum Gasteiger partial charge on any atom is 0.248 e. The molecule has 0 saturated carbocycles. The molecule has 0 fully saturated rings. The minimum atomic E-state index is -0.134. The number of anilines is 1. The fourth-order valence-electron chi connectivity index (χ4n) is 4.67. The van der Waals surface area contributed by atoms with E-state index in [0.29, 0.717) is 0 Å². The van der Waals surface area contributed by atoms with E-state index in [4.69, 9.17) is 0 Å². The number of nitrogens with zero attached hydrogens (tertiary/aromatic N) is 1. The predicted molar refractivity (Wildman–Crippen MR) is 145 cm³/mol. The third kappa shape index (κ3) is 5.41. The molecule has 5 rings (SSSR count). The van der Waals surface area contributed by atoms with E-state index in [9.17, 15) is 4.79 Å². The van der Waals surface area contributed by atoms with Gasteiger partial charge in [0.05, 0.1) is 5.69 Å². The minimum Gasteiger partial charge on any atom is -0.323 e. The van der Waals surface area contributed by atoms with E-state index in [0.717, 1.165) is 35.3 Å². The monoisotopic (exact) mass is 458 g/mol. The third-order valence-corrected chi connectivity index (χ3v) is 6.59. The van der Waals surface area contributed by atoms with E-state index >= 15 is 0 Å². The zero-order valence-corrected chi connectivity index (χ0v) is 20.1. The Hall–Kier alpha value is -3.98. The summed E-state index contributed by atoms with van der Waals surface area (Å²) in [5.41, 5.74) is 10.3. The molecule has 174 valence electrons. The van der Waals surface area contributed by atoms with Gasteiger partial charge in [0.15, 0.2) is 0 Å². The van der Waals surface area contributed by atoms with Gasteiger partial charge in [-0.15, -0.1) is 0 Å². The molecule has 0 spiro atoms. The molecule has 0 bridgehead atoms. The zero-order chi connectivity index (χ0) is 24.0. The van der Waals surface area contributed by atoms with Crippen LogP contribution >= 0.6 is 0 Å². The summed E-state index contributed by atoms with van der Waals surface area (Å²) in [6.45, 7) is 2.22. The first kappa shape index (κ1) is 22.8. The van der Waals surface area contributed by atoms with Crippen molar-refractivity contribution in [1.29, 1.82) is 0 Å². The van der Waals surface area contributed by atoms with E-state index in [2.05, 4.69) is 77.9 Å². The van der Waals surface area contributed by atoms with Gasteiger partial charge in [-0.3, -0.25) is 9.78 Å². The number of pyridine rings is 1. The number of aryl methyl sites for hydroxylation is 1. The van der Waals surface area contributed by atoms with Crippen LogP contribution in [0.4, 0.5) is 5.69 Å². The number of unbranched alkanes of at least 4 members (excludes halogenated alkanes) is 2. The molecule has 0 saturated heterocycles. The third-order valence-electron chi connectivity index (χ3n) is 6.59. The second-order valence-corrected chi connectivity index (χ2v) is 9.16. The molecule has 0 radical (unpaired) electrons. The lowest BCUT2D eigenvalue weighted by Crippen LogP contribution is -2.07. The molecular formula is C32H30N2O. The number of hydrogen-bond acceptors (Lipinski definition) is 2. The van der Waals surface area contributed by atoms with E-state index < -0.39 is 0 Å². The van der Waals surface area contributed by atoms with Gasteiger partial charge in [-0.25, -0.2) is 0 Å². The van der Waals surface area contributed by atoms with Crippen LogP contribution in [-0.2, 0) is 17.6 Å². The number of hydrogen-bond donors (Lipinski definition) is 1. The van der Waals surface area contributed by atoms with Crippen molar-refractivity contribution in [2.75, 3.05) is 5.32 Å². The minimum absolute atomic E-state index is 0.134. The number of carbonyl (C=O) groups is 1. The van der Waals surface area contributed by atoms with E-state index in [1.165, 1.54) is 47.1 Å². The normalized spacial score (nSPS) is 11.9. The Morgan fingerprint density at radius 2 is 1.74 bits per heavy atom. The first-order valence-electron chi connectivity index (χ1n) is 12.5. The molecule has 1 aliphatic carbocycles. The SMILES string of the molecule is CCCCCc1ccc(-c2ccc(C=CC(=O)Nc3ccc4c(c3)Cc3ccccc3-4)cc2)nc1. The van der Waals surface area contributed by atoms with Crippen molar-refractivity contribution in [2.45, 2.75) is 39.0 Å². The van der Waals surface area contributed by atoms with E-state index in [1.54, 1.807) is 6.08 Å². The summed E-state index contributed by atoms with van der Waals surface area (Å²) in [5, 5.41) is 2.99. The summed E-state index contributed by atoms with van der Waals surface area (Å²) in [4.78, 5) is 17.1. The van der Waals surface area contributed by atoms with Crippen LogP contribution in [0.15, 0.2) is 91.1 Å². The summed E-state index contributed by atoms with van der Waals surface area (Å²) >= 11 is 0. The molecule has 1 heterocycles. The van der Waals surface area contributed by atoms with Crippen LogP contribution in [0.2, 0.25) is 0 Å². The predicted octanol–water partition coefficient (Wildman–Crippen LogP) is 7.70. The number of benzene rings is 3. The Balaban J connectivity index is 1.18. The van der Waals surface area contributed by atoms with Crippen molar-refractivity contribution in [3.8, 4) is 22.4 Å². The van der Waals surface area contributed by atoms with Crippen LogP contribution in [0, 0.1) is 0 Å². The molecule has 1 aliphatic rings. The molecule has 1 N–H and O–H groups in total. The summed E-state index contributed by atoms with van der Waals surface area (Å²) < 4.78 is 0. The highest BCUT2D eigenvalue weighted by molar-refractivity contribution is 6.02. The van der Waals surface area contributed by atoms with Gasteiger partial charge in [0.2, 0.25) is 5.91 Å². The van der Waals surface area contributed by atoms with Gasteiger partial charge in [-0.2, -0.15) is 0 Å². The number of aromatic nitrogens is 1. The standard InChI is InChI=1S/C32H30N2O/c1-2-3-4-7-24-12-18-31(33-22-24)25-14-10-23(11-15-25)13-19-32(35)34-28-16-17-30-27(21-28)20-26-8-5-6-9-29(26)30/h5-6,8-19,21-22H,2-4,7,20H2,1H3,(H,34,35). The van der Waals surface area contributed by atoms with Gasteiger partial charge in [-0.1, -0.05) is 80.4 Å². The van der Waals surface area contributed by atoms with Gasteiger partial charge < -0.3 is 5.32 Å². The molecule has 1 amide bonds. The van der Waals surface area contributed by atoms with Crippen molar-refractivity contribution in [3.63, 3.8) is 0 Å². The van der Waals surface area contributed by atoms with Crippen molar-refractivity contribution < 1.29 is 4.79 Å². The highest BCUT2D eigenvalue weighted by Crippen LogP contribution is 2.37. The Labute approximate surface area is 207 Å². The first-order chi connectivity index (χ1) is 17.2. The lowest BCUT2D eigenvalue weighted by atomic mass is 10.1. The maximum absolute atomic E-state index is 12.5. The molecule has 3 nitrogen and oxygen atoms in total. The van der Waals surface area contributed by atoms with E-state index in [1.807, 2.05) is 30.5 Å². The number of fused-ring (bicyclic) bond motifs is 3. The van der Waals surface area contributed by atoms with Crippen LogP contribution in [-0.4, -0.2) is 10.9 Å². The Morgan fingerprint density at radius 1 is 0.914 bits per heavy atom. The summed E-state index contributed by atoms with van der Waals surface area (Å²) in [6.07, 6.45) is 11.1. The molecule has 0 unspecified atom stereocenters. The van der Waals surface area contributed by atoms with Gasteiger partial charge in [0.1, 0.15) is 0 Å². The topological polar surface area (TPSA) is 42.0 Å². The molecule has 35 heavy (non-hydrogen) atoms. The van der Waals surface area contributed by atoms with Gasteiger partial charge in [0.25, 0.3) is 0 Å². The molecule has 4 aromatic rings. The van der Waals surface area contributed by atoms with Crippen LogP contribution in [0.1, 0.15) is 48.4 Å². The second-order valence-electron chi connectivity index (χ2n) is 9.16. The second kappa shape index (κ2) is 10.5. The highest BCUT2D eigenvalue weighted by Gasteiger charge is 2.18. The Bertz CT molecular complexity index is 1350. The number of rotatable bonds is 8. The zero-order valence-electron chi connectivity index (χ0n) is 20.1. The van der Waals surface area contributed by atoms with Crippen LogP contribution in [0.3, 0.4) is 0 Å². The van der Waals surface area contributed by atoms with Gasteiger partial charge in [-0.05, 0) is 76.9 Å².